The van der Waals surface area contributed by atoms with Gasteiger partial charge in [-0.15, -0.1) is 0 Å². The first-order valence-corrected chi connectivity index (χ1v) is 5.16. The fourth-order valence-corrected chi connectivity index (χ4v) is 1.58. The molecule has 0 aromatic heterocycles. The van der Waals surface area contributed by atoms with Gasteiger partial charge in [-0.2, -0.15) is 0 Å². The molecule has 0 fully saturated rings. The van der Waals surface area contributed by atoms with E-state index in [2.05, 4.69) is 6.58 Å². The average molecular weight is 250 g/mol. The molecule has 0 heterocycles. The zero-order valence-electron chi connectivity index (χ0n) is 10.2. The van der Waals surface area contributed by atoms with Gasteiger partial charge in [0.2, 0.25) is 0 Å². The zero-order chi connectivity index (χ0) is 13.7. The second-order valence-corrected chi connectivity index (χ2v) is 3.49. The van der Waals surface area contributed by atoms with E-state index in [9.17, 15) is 9.59 Å². The van der Waals surface area contributed by atoms with E-state index in [1.807, 2.05) is 0 Å². The summed E-state index contributed by atoms with van der Waals surface area (Å²) in [6, 6.07) is 4.54. The van der Waals surface area contributed by atoms with Crippen molar-refractivity contribution >= 4 is 11.8 Å². The maximum Gasteiger partial charge on any atom is 0.318 e. The highest BCUT2D eigenvalue weighted by Gasteiger charge is 2.26. The number of hydrogen-bond acceptors (Lipinski definition) is 4. The van der Waals surface area contributed by atoms with Crippen LogP contribution >= 0.6 is 0 Å². The second kappa shape index (κ2) is 5.86. The van der Waals surface area contributed by atoms with Gasteiger partial charge in [-0.1, -0.05) is 12.6 Å². The van der Waals surface area contributed by atoms with E-state index in [1.165, 1.54) is 26.4 Å². The van der Waals surface area contributed by atoms with E-state index < -0.39 is 17.7 Å². The van der Waals surface area contributed by atoms with Crippen LogP contribution in [-0.2, 0) is 9.59 Å². The first-order chi connectivity index (χ1) is 8.54. The molecule has 1 rings (SSSR count). The molecular formula is C13H14O5. The maximum atomic E-state index is 11.5. The Labute approximate surface area is 105 Å². The van der Waals surface area contributed by atoms with E-state index in [0.717, 1.165) is 6.08 Å². The summed E-state index contributed by atoms with van der Waals surface area (Å²) < 4.78 is 10.1. The van der Waals surface area contributed by atoms with Crippen LogP contribution in [0.2, 0.25) is 0 Å². The molecule has 0 amide bonds. The van der Waals surface area contributed by atoms with Gasteiger partial charge in [0.25, 0.3) is 0 Å². The largest absolute Gasteiger partial charge is 0.493 e. The monoisotopic (exact) mass is 250 g/mol. The smallest absolute Gasteiger partial charge is 0.318 e. The van der Waals surface area contributed by atoms with Crippen molar-refractivity contribution in [3.8, 4) is 11.5 Å². The van der Waals surface area contributed by atoms with Crippen molar-refractivity contribution < 1.29 is 24.2 Å². The first-order valence-electron chi connectivity index (χ1n) is 5.16. The van der Waals surface area contributed by atoms with Crippen LogP contribution in [0.3, 0.4) is 0 Å². The number of ether oxygens (including phenoxy) is 2. The van der Waals surface area contributed by atoms with Crippen LogP contribution in [-0.4, -0.2) is 31.1 Å². The highest BCUT2D eigenvalue weighted by molar-refractivity contribution is 6.09. The quantitative estimate of drug-likeness (QED) is 0.613. The van der Waals surface area contributed by atoms with E-state index >= 15 is 0 Å². The van der Waals surface area contributed by atoms with E-state index in [-0.39, 0.29) is 0 Å². The average Bonchev–Trinajstić information content (AvgIpc) is 2.37. The Morgan fingerprint density at radius 1 is 1.28 bits per heavy atom. The molecule has 0 aliphatic carbocycles. The molecule has 0 radical (unpaired) electrons. The molecule has 0 bridgehead atoms. The van der Waals surface area contributed by atoms with Gasteiger partial charge in [0, 0.05) is 0 Å². The lowest BCUT2D eigenvalue weighted by Gasteiger charge is -2.13. The van der Waals surface area contributed by atoms with Crippen LogP contribution < -0.4 is 9.47 Å². The second-order valence-electron chi connectivity index (χ2n) is 3.49. The Bertz CT molecular complexity index is 478. The number of rotatable bonds is 6. The fraction of sp³-hybridized carbons (Fsp3) is 0.231. The molecule has 1 aromatic rings. The van der Waals surface area contributed by atoms with Gasteiger partial charge in [-0.3, -0.25) is 9.59 Å². The molecule has 5 nitrogen and oxygen atoms in total. The summed E-state index contributed by atoms with van der Waals surface area (Å²) in [5, 5.41) is 9.08. The molecule has 1 atom stereocenters. The third-order valence-corrected chi connectivity index (χ3v) is 2.47. The summed E-state index contributed by atoms with van der Waals surface area (Å²) in [7, 11) is 2.91. The Morgan fingerprint density at radius 3 is 2.33 bits per heavy atom. The molecule has 5 heteroatoms. The Morgan fingerprint density at radius 2 is 1.89 bits per heavy atom. The van der Waals surface area contributed by atoms with Gasteiger partial charge in [0.15, 0.2) is 17.3 Å². The number of ketones is 1. The predicted molar refractivity (Wildman–Crippen MR) is 65.1 cm³/mol. The van der Waals surface area contributed by atoms with Crippen molar-refractivity contribution in [2.24, 2.45) is 0 Å². The summed E-state index contributed by atoms with van der Waals surface area (Å²) in [5.74, 6) is -2.24. The Kier molecular flexibility index (Phi) is 4.48. The molecule has 18 heavy (non-hydrogen) atoms. The number of allylic oxidation sites excluding steroid dienone is 1. The fourth-order valence-electron chi connectivity index (χ4n) is 1.58. The molecule has 0 aliphatic heterocycles. The Hall–Kier alpha value is -2.30. The lowest BCUT2D eigenvalue weighted by atomic mass is 9.94. The minimum atomic E-state index is -1.28. The van der Waals surface area contributed by atoms with Gasteiger partial charge in [-0.05, 0) is 23.8 Å². The van der Waals surface area contributed by atoms with Crippen molar-refractivity contribution in [3.63, 3.8) is 0 Å². The number of methoxy groups -OCH3 is 2. The lowest BCUT2D eigenvalue weighted by molar-refractivity contribution is -0.141. The van der Waals surface area contributed by atoms with Crippen molar-refractivity contribution in [1.82, 2.24) is 0 Å². The van der Waals surface area contributed by atoms with Gasteiger partial charge in [-0.25, -0.2) is 0 Å². The zero-order valence-corrected chi connectivity index (χ0v) is 10.2. The number of carboxylic acid groups (broad SMARTS) is 1. The third-order valence-electron chi connectivity index (χ3n) is 2.47. The van der Waals surface area contributed by atoms with Crippen LogP contribution in [0.4, 0.5) is 0 Å². The lowest BCUT2D eigenvalue weighted by Crippen LogP contribution is -2.19. The minimum absolute atomic E-state index is 0.324. The highest BCUT2D eigenvalue weighted by Crippen LogP contribution is 2.31. The molecular weight excluding hydrogens is 236 g/mol. The molecule has 0 saturated carbocycles. The highest BCUT2D eigenvalue weighted by atomic mass is 16.5. The maximum absolute atomic E-state index is 11.5. The van der Waals surface area contributed by atoms with Crippen LogP contribution in [0.5, 0.6) is 11.5 Å². The third kappa shape index (κ3) is 2.68. The number of aliphatic carboxylic acids is 1. The SMILES string of the molecule is C=CC(=O)C(C(=O)O)c1ccc(OC)c(OC)c1. The van der Waals surface area contributed by atoms with E-state index in [4.69, 9.17) is 14.6 Å². The Balaban J connectivity index is 3.25. The van der Waals surface area contributed by atoms with Gasteiger partial charge in [0.1, 0.15) is 5.92 Å². The van der Waals surface area contributed by atoms with Crippen molar-refractivity contribution in [2.45, 2.75) is 5.92 Å². The molecule has 0 aliphatic rings. The standard InChI is InChI=1S/C13H14O5/c1-4-9(14)12(13(15)16)8-5-6-10(17-2)11(7-8)18-3/h4-7,12H,1H2,2-3H3,(H,15,16). The van der Waals surface area contributed by atoms with Crippen molar-refractivity contribution in [1.29, 1.82) is 0 Å². The van der Waals surface area contributed by atoms with Gasteiger partial charge in [0.05, 0.1) is 14.2 Å². The molecule has 0 saturated heterocycles. The normalized spacial score (nSPS) is 11.4. The van der Waals surface area contributed by atoms with Crippen molar-refractivity contribution in [3.05, 3.63) is 36.4 Å². The summed E-state index contributed by atoms with van der Waals surface area (Å²) in [6.45, 7) is 3.30. The molecule has 0 spiro atoms. The predicted octanol–water partition coefficient (Wildman–Crippen LogP) is 1.63. The number of carbonyl (C=O) groups is 2. The van der Waals surface area contributed by atoms with Crippen molar-refractivity contribution in [2.75, 3.05) is 14.2 Å². The topological polar surface area (TPSA) is 72.8 Å². The number of benzene rings is 1. The number of hydrogen-bond donors (Lipinski definition) is 1. The summed E-state index contributed by atoms with van der Waals surface area (Å²) in [6.07, 6.45) is 0.996. The van der Waals surface area contributed by atoms with E-state index in [0.29, 0.717) is 17.1 Å². The summed E-state index contributed by atoms with van der Waals surface area (Å²) in [4.78, 5) is 22.7. The minimum Gasteiger partial charge on any atom is -0.493 e. The molecule has 96 valence electrons. The van der Waals surface area contributed by atoms with E-state index in [1.54, 1.807) is 6.07 Å². The number of carboxylic acids is 1. The van der Waals surface area contributed by atoms with Crippen LogP contribution in [0.1, 0.15) is 11.5 Å². The molecule has 1 aromatic carbocycles. The molecule has 1 N–H and O–H groups in total. The van der Waals surface area contributed by atoms with Crippen LogP contribution in [0.25, 0.3) is 0 Å². The van der Waals surface area contributed by atoms with Gasteiger partial charge < -0.3 is 14.6 Å². The molecule has 1 unspecified atom stereocenters. The van der Waals surface area contributed by atoms with Crippen LogP contribution in [0, 0.1) is 0 Å². The van der Waals surface area contributed by atoms with Crippen LogP contribution in [0.15, 0.2) is 30.9 Å². The van der Waals surface area contributed by atoms with Gasteiger partial charge >= 0.3 is 5.97 Å². The summed E-state index contributed by atoms with van der Waals surface area (Å²) >= 11 is 0. The number of carbonyl (C=O) groups excluding carboxylic acids is 1. The summed E-state index contributed by atoms with van der Waals surface area (Å²) in [5.41, 5.74) is 0.324. The first kappa shape index (κ1) is 13.8.